The van der Waals surface area contributed by atoms with Gasteiger partial charge in [-0.2, -0.15) is 0 Å². The SMILES string of the molecule is COc1ccc(Cl)cc1C(Cl)c1ccc2c(c1)CC(=O)N2. The summed E-state index contributed by atoms with van der Waals surface area (Å²) >= 11 is 12.6. The van der Waals surface area contributed by atoms with Crippen LogP contribution in [0.1, 0.15) is 22.1 Å². The highest BCUT2D eigenvalue weighted by atomic mass is 35.5. The molecule has 1 aliphatic rings. The van der Waals surface area contributed by atoms with Crippen molar-refractivity contribution in [3.8, 4) is 5.75 Å². The normalized spacial score (nSPS) is 14.5. The lowest BCUT2D eigenvalue weighted by molar-refractivity contribution is -0.115. The molecule has 1 atom stereocenters. The van der Waals surface area contributed by atoms with Gasteiger partial charge in [0.15, 0.2) is 0 Å². The Labute approximate surface area is 132 Å². The second-order valence-corrected chi connectivity index (χ2v) is 5.76. The Bertz CT molecular complexity index is 715. The van der Waals surface area contributed by atoms with Gasteiger partial charge in [-0.1, -0.05) is 23.7 Å². The predicted molar refractivity (Wildman–Crippen MR) is 84.5 cm³/mol. The van der Waals surface area contributed by atoms with Crippen LogP contribution in [0, 0.1) is 0 Å². The summed E-state index contributed by atoms with van der Waals surface area (Å²) in [6.45, 7) is 0. The van der Waals surface area contributed by atoms with Crippen molar-refractivity contribution in [2.24, 2.45) is 0 Å². The van der Waals surface area contributed by atoms with Crippen LogP contribution in [0.25, 0.3) is 0 Å². The largest absolute Gasteiger partial charge is 0.496 e. The molecular weight excluding hydrogens is 309 g/mol. The number of halogens is 2. The lowest BCUT2D eigenvalue weighted by Gasteiger charge is -2.15. The number of carbonyl (C=O) groups excluding carboxylic acids is 1. The molecule has 0 aromatic heterocycles. The fourth-order valence-electron chi connectivity index (χ4n) is 2.49. The quantitative estimate of drug-likeness (QED) is 0.861. The minimum absolute atomic E-state index is 0.00797. The predicted octanol–water partition coefficient (Wildman–Crippen LogP) is 4.17. The Morgan fingerprint density at radius 1 is 1.24 bits per heavy atom. The number of anilines is 1. The fraction of sp³-hybridized carbons (Fsp3) is 0.188. The standard InChI is InChI=1S/C16H13Cl2NO2/c1-21-14-5-3-11(17)8-12(14)16(18)9-2-4-13-10(6-9)7-15(20)19-13/h2-6,8,16H,7H2,1H3,(H,19,20). The Hall–Kier alpha value is -1.71. The number of benzene rings is 2. The maximum Gasteiger partial charge on any atom is 0.228 e. The van der Waals surface area contributed by atoms with Gasteiger partial charge >= 0.3 is 0 Å². The highest BCUT2D eigenvalue weighted by molar-refractivity contribution is 6.31. The van der Waals surface area contributed by atoms with Crippen molar-refractivity contribution in [1.82, 2.24) is 0 Å². The van der Waals surface area contributed by atoms with Crippen molar-refractivity contribution in [2.45, 2.75) is 11.8 Å². The molecule has 0 spiro atoms. The number of fused-ring (bicyclic) bond motifs is 1. The highest BCUT2D eigenvalue weighted by Crippen LogP contribution is 2.38. The third-order valence-corrected chi connectivity index (χ3v) is 4.23. The number of amides is 1. The van der Waals surface area contributed by atoms with Gasteiger partial charge in [0.05, 0.1) is 18.9 Å². The van der Waals surface area contributed by atoms with E-state index in [4.69, 9.17) is 27.9 Å². The molecule has 0 fully saturated rings. The number of hydrogen-bond donors (Lipinski definition) is 1. The van der Waals surface area contributed by atoms with Crippen LogP contribution in [0.2, 0.25) is 5.02 Å². The van der Waals surface area contributed by atoms with Crippen LogP contribution in [-0.4, -0.2) is 13.0 Å². The maximum absolute atomic E-state index is 11.4. The van der Waals surface area contributed by atoms with E-state index in [-0.39, 0.29) is 11.3 Å². The molecule has 5 heteroatoms. The van der Waals surface area contributed by atoms with Crippen LogP contribution in [-0.2, 0) is 11.2 Å². The van der Waals surface area contributed by atoms with E-state index in [9.17, 15) is 4.79 Å². The van der Waals surface area contributed by atoms with Gasteiger partial charge in [-0.05, 0) is 35.4 Å². The van der Waals surface area contributed by atoms with Gasteiger partial charge < -0.3 is 10.1 Å². The zero-order valence-corrected chi connectivity index (χ0v) is 12.8. The van der Waals surface area contributed by atoms with E-state index in [1.54, 1.807) is 25.3 Å². The van der Waals surface area contributed by atoms with Gasteiger partial charge in [0, 0.05) is 16.3 Å². The first-order chi connectivity index (χ1) is 10.1. The van der Waals surface area contributed by atoms with Gasteiger partial charge in [-0.25, -0.2) is 0 Å². The van der Waals surface area contributed by atoms with Crippen molar-refractivity contribution >= 4 is 34.8 Å². The third kappa shape index (κ3) is 2.71. The van der Waals surface area contributed by atoms with Crippen LogP contribution < -0.4 is 10.1 Å². The number of ether oxygens (including phenoxy) is 1. The second kappa shape index (κ2) is 5.58. The van der Waals surface area contributed by atoms with Crippen molar-refractivity contribution in [3.05, 3.63) is 58.1 Å². The average molecular weight is 322 g/mol. The molecule has 108 valence electrons. The molecule has 0 saturated carbocycles. The van der Waals surface area contributed by atoms with E-state index < -0.39 is 0 Å². The lowest BCUT2D eigenvalue weighted by Crippen LogP contribution is -2.03. The third-order valence-electron chi connectivity index (χ3n) is 3.51. The molecule has 1 unspecified atom stereocenters. The molecular formula is C16H13Cl2NO2. The molecule has 2 aromatic carbocycles. The number of carbonyl (C=O) groups is 1. The topological polar surface area (TPSA) is 38.3 Å². The van der Waals surface area contributed by atoms with Crippen LogP contribution in [0.5, 0.6) is 5.75 Å². The summed E-state index contributed by atoms with van der Waals surface area (Å²) in [6, 6.07) is 11.1. The summed E-state index contributed by atoms with van der Waals surface area (Å²) in [7, 11) is 1.60. The van der Waals surface area contributed by atoms with Gasteiger partial charge in [0.1, 0.15) is 5.75 Å². The van der Waals surface area contributed by atoms with Gasteiger partial charge in [-0.15, -0.1) is 11.6 Å². The maximum atomic E-state index is 11.4. The number of alkyl halides is 1. The van der Waals surface area contributed by atoms with Gasteiger partial charge in [0.2, 0.25) is 5.91 Å². The summed E-state index contributed by atoms with van der Waals surface area (Å²) < 4.78 is 5.34. The minimum atomic E-state index is -0.389. The van der Waals surface area contributed by atoms with E-state index in [0.717, 1.165) is 22.4 Å². The fourth-order valence-corrected chi connectivity index (χ4v) is 2.98. The minimum Gasteiger partial charge on any atom is -0.496 e. The zero-order chi connectivity index (χ0) is 15.0. The molecule has 1 aliphatic heterocycles. The Morgan fingerprint density at radius 2 is 2.05 bits per heavy atom. The first-order valence-corrected chi connectivity index (χ1v) is 7.30. The van der Waals surface area contributed by atoms with Crippen molar-refractivity contribution in [1.29, 1.82) is 0 Å². The number of hydrogen-bond acceptors (Lipinski definition) is 2. The summed E-state index contributed by atoms with van der Waals surface area (Å²) in [4.78, 5) is 11.4. The van der Waals surface area contributed by atoms with Crippen LogP contribution in [0.4, 0.5) is 5.69 Å². The molecule has 2 aromatic rings. The van der Waals surface area contributed by atoms with Crippen molar-refractivity contribution in [2.75, 3.05) is 12.4 Å². The lowest BCUT2D eigenvalue weighted by atomic mass is 10.0. The van der Waals surface area contributed by atoms with Crippen LogP contribution in [0.15, 0.2) is 36.4 Å². The molecule has 3 nitrogen and oxygen atoms in total. The van der Waals surface area contributed by atoms with E-state index in [1.165, 1.54) is 0 Å². The molecule has 1 N–H and O–H groups in total. The summed E-state index contributed by atoms with van der Waals surface area (Å²) in [5.74, 6) is 0.697. The highest BCUT2D eigenvalue weighted by Gasteiger charge is 2.21. The number of methoxy groups -OCH3 is 1. The van der Waals surface area contributed by atoms with Gasteiger partial charge in [-0.3, -0.25) is 4.79 Å². The Kier molecular flexibility index (Phi) is 3.79. The van der Waals surface area contributed by atoms with E-state index in [2.05, 4.69) is 5.32 Å². The van der Waals surface area contributed by atoms with Crippen LogP contribution >= 0.6 is 23.2 Å². The van der Waals surface area contributed by atoms with E-state index >= 15 is 0 Å². The smallest absolute Gasteiger partial charge is 0.228 e. The Balaban J connectivity index is 1.99. The first kappa shape index (κ1) is 14.2. The Morgan fingerprint density at radius 3 is 2.81 bits per heavy atom. The molecule has 1 heterocycles. The molecule has 0 radical (unpaired) electrons. The number of rotatable bonds is 3. The summed E-state index contributed by atoms with van der Waals surface area (Å²) in [5.41, 5.74) is 3.53. The van der Waals surface area contributed by atoms with E-state index in [0.29, 0.717) is 17.2 Å². The van der Waals surface area contributed by atoms with Gasteiger partial charge in [0.25, 0.3) is 0 Å². The average Bonchev–Trinajstić information content (AvgIpc) is 2.85. The first-order valence-electron chi connectivity index (χ1n) is 6.48. The van der Waals surface area contributed by atoms with E-state index in [1.807, 2.05) is 18.2 Å². The zero-order valence-electron chi connectivity index (χ0n) is 11.3. The molecule has 1 amide bonds. The molecule has 21 heavy (non-hydrogen) atoms. The molecule has 3 rings (SSSR count). The monoisotopic (exact) mass is 321 g/mol. The molecule has 0 aliphatic carbocycles. The molecule has 0 saturated heterocycles. The van der Waals surface area contributed by atoms with Crippen molar-refractivity contribution < 1.29 is 9.53 Å². The van der Waals surface area contributed by atoms with Crippen molar-refractivity contribution in [3.63, 3.8) is 0 Å². The van der Waals surface area contributed by atoms with Crippen LogP contribution in [0.3, 0.4) is 0 Å². The second-order valence-electron chi connectivity index (χ2n) is 4.89. The molecule has 0 bridgehead atoms. The number of nitrogens with one attached hydrogen (secondary N) is 1. The summed E-state index contributed by atoms with van der Waals surface area (Å²) in [6.07, 6.45) is 0.388. The summed E-state index contributed by atoms with van der Waals surface area (Å²) in [5, 5.41) is 3.02.